The average Bonchev–Trinajstić information content (AvgIpc) is 2.58. The Balaban J connectivity index is 2.20. The first-order valence-corrected chi connectivity index (χ1v) is 6.30. The summed E-state index contributed by atoms with van der Waals surface area (Å²) >= 11 is 5.23. The molecule has 4 heteroatoms. The number of nitrogens with one attached hydrogen (secondary N) is 1. The Hall–Kier alpha value is 0.1000. The summed E-state index contributed by atoms with van der Waals surface area (Å²) in [5.41, 5.74) is 0. The van der Waals surface area contributed by atoms with Crippen LogP contribution in [0.15, 0.2) is 15.9 Å². The lowest BCUT2D eigenvalue weighted by Gasteiger charge is -2.11. The van der Waals surface area contributed by atoms with Crippen molar-refractivity contribution >= 4 is 27.3 Å². The van der Waals surface area contributed by atoms with Gasteiger partial charge >= 0.3 is 0 Å². The number of hydrogen-bond donors (Lipinski definition) is 1. The molecule has 0 aliphatic rings. The molecular weight excluding hydrogens is 262 g/mol. The van der Waals surface area contributed by atoms with Crippen molar-refractivity contribution in [1.82, 2.24) is 5.32 Å². The molecule has 1 atom stereocenters. The van der Waals surface area contributed by atoms with Gasteiger partial charge in [-0.05, 0) is 41.4 Å². The molecule has 0 spiro atoms. The number of hydrogen-bond acceptors (Lipinski definition) is 3. The first-order valence-electron chi connectivity index (χ1n) is 4.69. The van der Waals surface area contributed by atoms with Crippen LogP contribution in [0, 0.1) is 0 Å². The van der Waals surface area contributed by atoms with Crippen molar-refractivity contribution in [3.05, 3.63) is 20.8 Å². The Morgan fingerprint density at radius 1 is 1.57 bits per heavy atom. The van der Waals surface area contributed by atoms with Crippen molar-refractivity contribution < 1.29 is 4.74 Å². The van der Waals surface area contributed by atoms with Gasteiger partial charge in [-0.3, -0.25) is 0 Å². The van der Waals surface area contributed by atoms with E-state index >= 15 is 0 Å². The van der Waals surface area contributed by atoms with Gasteiger partial charge in [-0.15, -0.1) is 11.3 Å². The highest BCUT2D eigenvalue weighted by molar-refractivity contribution is 9.11. The lowest BCUT2D eigenvalue weighted by molar-refractivity contribution is 0.185. The second-order valence-corrected chi connectivity index (χ2v) is 5.82. The van der Waals surface area contributed by atoms with E-state index < -0.39 is 0 Å². The zero-order valence-electron chi connectivity index (χ0n) is 8.55. The van der Waals surface area contributed by atoms with Gasteiger partial charge in [-0.2, -0.15) is 0 Å². The van der Waals surface area contributed by atoms with Crippen LogP contribution in [-0.2, 0) is 11.3 Å². The van der Waals surface area contributed by atoms with Crippen LogP contribution in [0.1, 0.15) is 18.2 Å². The lowest BCUT2D eigenvalue weighted by atomic mass is 10.2. The maximum atomic E-state index is 5.02. The highest BCUT2D eigenvalue weighted by Crippen LogP contribution is 2.21. The van der Waals surface area contributed by atoms with E-state index in [0.717, 1.165) is 19.6 Å². The van der Waals surface area contributed by atoms with E-state index in [0.29, 0.717) is 6.04 Å². The van der Waals surface area contributed by atoms with Crippen LogP contribution in [0.3, 0.4) is 0 Å². The van der Waals surface area contributed by atoms with Crippen molar-refractivity contribution in [3.63, 3.8) is 0 Å². The van der Waals surface area contributed by atoms with Crippen molar-refractivity contribution in [2.45, 2.75) is 25.9 Å². The fraction of sp³-hybridized carbons (Fsp3) is 0.600. The summed E-state index contributed by atoms with van der Waals surface area (Å²) in [6.45, 7) is 3.95. The third kappa shape index (κ3) is 4.55. The first kappa shape index (κ1) is 12.2. The molecule has 0 aliphatic carbocycles. The molecule has 0 aliphatic heterocycles. The van der Waals surface area contributed by atoms with E-state index in [1.54, 1.807) is 18.4 Å². The molecular formula is C10H16BrNOS. The van der Waals surface area contributed by atoms with Gasteiger partial charge in [0.1, 0.15) is 0 Å². The zero-order valence-corrected chi connectivity index (χ0v) is 11.0. The van der Waals surface area contributed by atoms with Gasteiger partial charge in [0.05, 0.1) is 3.79 Å². The quantitative estimate of drug-likeness (QED) is 0.863. The third-order valence-corrected chi connectivity index (χ3v) is 3.63. The van der Waals surface area contributed by atoms with E-state index in [9.17, 15) is 0 Å². The van der Waals surface area contributed by atoms with Crippen molar-refractivity contribution in [2.75, 3.05) is 13.7 Å². The van der Waals surface area contributed by atoms with Gasteiger partial charge in [0.15, 0.2) is 0 Å². The number of thiophene rings is 1. The Morgan fingerprint density at radius 3 is 2.93 bits per heavy atom. The molecule has 0 saturated carbocycles. The second-order valence-electron chi connectivity index (χ2n) is 3.27. The van der Waals surface area contributed by atoms with E-state index in [-0.39, 0.29) is 0 Å². The number of halogens is 1. The Morgan fingerprint density at radius 2 is 2.36 bits per heavy atom. The highest BCUT2D eigenvalue weighted by atomic mass is 79.9. The Kier molecular flexibility index (Phi) is 5.70. The Labute approximate surface area is 97.8 Å². The van der Waals surface area contributed by atoms with E-state index in [1.165, 1.54) is 8.66 Å². The Bertz CT molecular complexity index is 264. The minimum absolute atomic E-state index is 0.510. The molecule has 1 N–H and O–H groups in total. The maximum absolute atomic E-state index is 5.02. The summed E-state index contributed by atoms with van der Waals surface area (Å²) in [5, 5.41) is 3.46. The monoisotopic (exact) mass is 277 g/mol. The van der Waals surface area contributed by atoms with Crippen molar-refractivity contribution in [3.8, 4) is 0 Å². The molecule has 0 radical (unpaired) electrons. The number of rotatable bonds is 6. The van der Waals surface area contributed by atoms with Crippen LogP contribution >= 0.6 is 27.3 Å². The number of methoxy groups -OCH3 is 1. The summed E-state index contributed by atoms with van der Waals surface area (Å²) in [4.78, 5) is 1.36. The highest BCUT2D eigenvalue weighted by Gasteiger charge is 2.02. The second kappa shape index (κ2) is 6.56. The molecule has 0 saturated heterocycles. The van der Waals surface area contributed by atoms with E-state index in [4.69, 9.17) is 4.74 Å². The van der Waals surface area contributed by atoms with Crippen molar-refractivity contribution in [2.24, 2.45) is 0 Å². The average molecular weight is 278 g/mol. The molecule has 0 amide bonds. The van der Waals surface area contributed by atoms with Crippen molar-refractivity contribution in [1.29, 1.82) is 0 Å². The lowest BCUT2D eigenvalue weighted by Crippen LogP contribution is -2.26. The van der Waals surface area contributed by atoms with Crippen LogP contribution in [0.2, 0.25) is 0 Å². The fourth-order valence-corrected chi connectivity index (χ4v) is 2.55. The van der Waals surface area contributed by atoms with Gasteiger partial charge in [0.25, 0.3) is 0 Å². The van der Waals surface area contributed by atoms with Crippen LogP contribution in [0.5, 0.6) is 0 Å². The molecule has 1 aromatic heterocycles. The third-order valence-electron chi connectivity index (χ3n) is 2.01. The van der Waals surface area contributed by atoms with Gasteiger partial charge in [-0.1, -0.05) is 0 Å². The first-order chi connectivity index (χ1) is 6.72. The topological polar surface area (TPSA) is 21.3 Å². The molecule has 14 heavy (non-hydrogen) atoms. The molecule has 80 valence electrons. The standard InChI is InChI=1S/C10H16BrNOS/c1-8(5-6-13-2)12-7-9-3-4-10(11)14-9/h3-4,8,12H,5-7H2,1-2H3. The molecule has 1 aromatic rings. The summed E-state index contributed by atoms with van der Waals surface area (Å²) < 4.78 is 6.22. The van der Waals surface area contributed by atoms with Crippen LogP contribution in [-0.4, -0.2) is 19.8 Å². The largest absolute Gasteiger partial charge is 0.385 e. The van der Waals surface area contributed by atoms with Gasteiger partial charge in [0, 0.05) is 31.2 Å². The predicted octanol–water partition coefficient (Wildman–Crippen LogP) is 3.03. The summed E-state index contributed by atoms with van der Waals surface area (Å²) in [7, 11) is 1.74. The van der Waals surface area contributed by atoms with E-state index in [2.05, 4.69) is 40.3 Å². The van der Waals surface area contributed by atoms with Crippen LogP contribution in [0.25, 0.3) is 0 Å². The molecule has 1 heterocycles. The predicted molar refractivity (Wildman–Crippen MR) is 64.8 cm³/mol. The van der Waals surface area contributed by atoms with Gasteiger partial charge in [0.2, 0.25) is 0 Å². The SMILES string of the molecule is COCCC(C)NCc1ccc(Br)s1. The van der Waals surface area contributed by atoms with Crippen LogP contribution in [0.4, 0.5) is 0 Å². The van der Waals surface area contributed by atoms with Crippen LogP contribution < -0.4 is 5.32 Å². The molecule has 1 unspecified atom stereocenters. The minimum Gasteiger partial charge on any atom is -0.385 e. The van der Waals surface area contributed by atoms with Gasteiger partial charge < -0.3 is 10.1 Å². The zero-order chi connectivity index (χ0) is 10.4. The molecule has 0 aromatic carbocycles. The fourth-order valence-electron chi connectivity index (χ4n) is 1.12. The summed E-state index contributed by atoms with van der Waals surface area (Å²) in [6.07, 6.45) is 1.06. The number of ether oxygens (including phenoxy) is 1. The van der Waals surface area contributed by atoms with E-state index in [1.807, 2.05) is 0 Å². The summed E-state index contributed by atoms with van der Waals surface area (Å²) in [5.74, 6) is 0. The normalized spacial score (nSPS) is 13.1. The molecule has 2 nitrogen and oxygen atoms in total. The molecule has 0 fully saturated rings. The smallest absolute Gasteiger partial charge is 0.0701 e. The molecule has 0 bridgehead atoms. The maximum Gasteiger partial charge on any atom is 0.0701 e. The minimum atomic E-state index is 0.510. The van der Waals surface area contributed by atoms with Gasteiger partial charge in [-0.25, -0.2) is 0 Å². The summed E-state index contributed by atoms with van der Waals surface area (Å²) in [6, 6.07) is 4.74. The molecule has 1 rings (SSSR count).